The van der Waals surface area contributed by atoms with Crippen LogP contribution < -0.4 is 4.74 Å². The van der Waals surface area contributed by atoms with Gasteiger partial charge in [-0.25, -0.2) is 0 Å². The molecule has 0 aliphatic rings. The Morgan fingerprint density at radius 1 is 0.909 bits per heavy atom. The molecule has 0 amide bonds. The summed E-state index contributed by atoms with van der Waals surface area (Å²) >= 11 is 0. The van der Waals surface area contributed by atoms with Gasteiger partial charge in [0.05, 0.1) is 20.1 Å². The van der Waals surface area contributed by atoms with Gasteiger partial charge in [0.1, 0.15) is 17.1 Å². The topological polar surface area (TPSA) is 48.7 Å². The predicted molar refractivity (Wildman–Crippen MR) is 132 cm³/mol. The molecule has 0 aliphatic carbocycles. The second kappa shape index (κ2) is 10.9. The van der Waals surface area contributed by atoms with Gasteiger partial charge in [-0.2, -0.15) is 0 Å². The van der Waals surface area contributed by atoms with E-state index < -0.39 is 0 Å². The van der Waals surface area contributed by atoms with Crippen molar-refractivity contribution in [1.82, 2.24) is 0 Å². The number of aryl methyl sites for hydroxylation is 2. The van der Waals surface area contributed by atoms with Crippen LogP contribution in [-0.4, -0.2) is 19.7 Å². The van der Waals surface area contributed by atoms with E-state index in [9.17, 15) is 4.79 Å². The average molecular weight is 443 g/mol. The third kappa shape index (κ3) is 5.46. The van der Waals surface area contributed by atoms with Crippen molar-refractivity contribution in [2.75, 3.05) is 13.7 Å². The Labute approximate surface area is 195 Å². The average Bonchev–Trinajstić information content (AvgIpc) is 3.23. The molecule has 0 saturated carbocycles. The number of fused-ring (bicyclic) bond motifs is 1. The Bertz CT molecular complexity index is 1190. The summed E-state index contributed by atoms with van der Waals surface area (Å²) in [4.78, 5) is 11.4. The van der Waals surface area contributed by atoms with Crippen LogP contribution in [0.15, 0.2) is 77.2 Å². The third-order valence-electron chi connectivity index (χ3n) is 5.77. The van der Waals surface area contributed by atoms with Gasteiger partial charge in [0.15, 0.2) is 0 Å². The molecule has 4 rings (SSSR count). The van der Waals surface area contributed by atoms with Crippen molar-refractivity contribution in [2.24, 2.45) is 0 Å². The number of rotatable bonds is 10. The van der Waals surface area contributed by atoms with Crippen LogP contribution in [0.2, 0.25) is 0 Å². The van der Waals surface area contributed by atoms with Crippen molar-refractivity contribution < 1.29 is 18.7 Å². The highest BCUT2D eigenvalue weighted by atomic mass is 16.5. The van der Waals surface area contributed by atoms with Crippen molar-refractivity contribution in [1.29, 1.82) is 0 Å². The lowest BCUT2D eigenvalue weighted by atomic mass is 9.98. The summed E-state index contributed by atoms with van der Waals surface area (Å²) in [7, 11) is 1.40. The number of ether oxygens (including phenoxy) is 2. The lowest BCUT2D eigenvalue weighted by Gasteiger charge is -2.08. The molecule has 4 heteroatoms. The molecule has 0 radical (unpaired) electrons. The first-order valence-electron chi connectivity index (χ1n) is 11.6. The molecule has 0 atom stereocenters. The van der Waals surface area contributed by atoms with Crippen LogP contribution in [0, 0.1) is 0 Å². The van der Waals surface area contributed by atoms with Crippen molar-refractivity contribution in [3.8, 4) is 16.9 Å². The second-order valence-corrected chi connectivity index (χ2v) is 8.16. The highest BCUT2D eigenvalue weighted by Crippen LogP contribution is 2.37. The molecule has 3 aromatic carbocycles. The van der Waals surface area contributed by atoms with Gasteiger partial charge in [0.25, 0.3) is 0 Å². The summed E-state index contributed by atoms with van der Waals surface area (Å²) in [6.45, 7) is 2.78. The largest absolute Gasteiger partial charge is 0.494 e. The number of carbonyl (C=O) groups excluding carboxylic acids is 1. The fraction of sp³-hybridized carbons (Fsp3) is 0.276. The number of para-hydroxylation sites is 1. The molecule has 4 nitrogen and oxygen atoms in total. The van der Waals surface area contributed by atoms with E-state index in [0.29, 0.717) is 6.61 Å². The van der Waals surface area contributed by atoms with Crippen LogP contribution in [-0.2, 0) is 28.8 Å². The maximum Gasteiger partial charge on any atom is 0.309 e. The van der Waals surface area contributed by atoms with E-state index in [1.807, 2.05) is 30.3 Å². The van der Waals surface area contributed by atoms with Crippen LogP contribution in [0.1, 0.15) is 36.7 Å². The van der Waals surface area contributed by atoms with E-state index in [4.69, 9.17) is 13.9 Å². The van der Waals surface area contributed by atoms with E-state index >= 15 is 0 Å². The monoisotopic (exact) mass is 442 g/mol. The summed E-state index contributed by atoms with van der Waals surface area (Å²) in [5, 5.41) is 1.18. The molecule has 1 heterocycles. The van der Waals surface area contributed by atoms with Gasteiger partial charge in [-0.15, -0.1) is 0 Å². The smallest absolute Gasteiger partial charge is 0.309 e. The molecule has 0 saturated heterocycles. The SMILES string of the molecule is CCCc1cccc2c(-c3ccccc3)c(CCCOc3ccc(CC(=O)OC)cc3)oc12. The Balaban J connectivity index is 1.47. The summed E-state index contributed by atoms with van der Waals surface area (Å²) in [6, 6.07) is 24.5. The maximum atomic E-state index is 11.4. The number of methoxy groups -OCH3 is 1. The van der Waals surface area contributed by atoms with E-state index in [2.05, 4.69) is 49.4 Å². The number of esters is 1. The molecule has 4 aromatic rings. The van der Waals surface area contributed by atoms with Gasteiger partial charge in [-0.1, -0.05) is 74.0 Å². The zero-order chi connectivity index (χ0) is 23.0. The minimum atomic E-state index is -0.245. The summed E-state index contributed by atoms with van der Waals surface area (Å²) < 4.78 is 17.1. The van der Waals surface area contributed by atoms with Crippen molar-refractivity contribution in [2.45, 2.75) is 39.0 Å². The maximum absolute atomic E-state index is 11.4. The first kappa shape index (κ1) is 22.7. The molecule has 0 N–H and O–H groups in total. The first-order valence-corrected chi connectivity index (χ1v) is 11.6. The third-order valence-corrected chi connectivity index (χ3v) is 5.77. The molecule has 0 bridgehead atoms. The molecule has 0 aliphatic heterocycles. The molecule has 170 valence electrons. The highest BCUT2D eigenvalue weighted by molar-refractivity contribution is 5.97. The lowest BCUT2D eigenvalue weighted by molar-refractivity contribution is -0.139. The van der Waals surface area contributed by atoms with Gasteiger partial charge < -0.3 is 13.9 Å². The predicted octanol–water partition coefficient (Wildman–Crippen LogP) is 6.78. The van der Waals surface area contributed by atoms with Crippen LogP contribution in [0.4, 0.5) is 0 Å². The normalized spacial score (nSPS) is 11.0. The number of benzene rings is 3. The van der Waals surface area contributed by atoms with E-state index in [1.165, 1.54) is 29.2 Å². The molecule has 1 aromatic heterocycles. The van der Waals surface area contributed by atoms with Crippen molar-refractivity contribution >= 4 is 16.9 Å². The van der Waals surface area contributed by atoms with Crippen LogP contribution in [0.25, 0.3) is 22.1 Å². The zero-order valence-electron chi connectivity index (χ0n) is 19.3. The van der Waals surface area contributed by atoms with Crippen LogP contribution in [0.5, 0.6) is 5.75 Å². The second-order valence-electron chi connectivity index (χ2n) is 8.16. The first-order chi connectivity index (χ1) is 16.2. The van der Waals surface area contributed by atoms with Crippen molar-refractivity contribution in [3.05, 3.63) is 89.7 Å². The number of hydrogen-bond acceptors (Lipinski definition) is 4. The molecular formula is C29H30O4. The fourth-order valence-corrected chi connectivity index (χ4v) is 4.16. The summed E-state index contributed by atoms with van der Waals surface area (Å²) in [5.41, 5.74) is 5.56. The van der Waals surface area contributed by atoms with Gasteiger partial charge >= 0.3 is 5.97 Å². The minimum absolute atomic E-state index is 0.245. The van der Waals surface area contributed by atoms with Crippen molar-refractivity contribution in [3.63, 3.8) is 0 Å². The minimum Gasteiger partial charge on any atom is -0.494 e. The fourth-order valence-electron chi connectivity index (χ4n) is 4.16. The molecule has 33 heavy (non-hydrogen) atoms. The molecular weight excluding hydrogens is 412 g/mol. The van der Waals surface area contributed by atoms with E-state index in [0.717, 1.165) is 48.3 Å². The Kier molecular flexibility index (Phi) is 7.46. The van der Waals surface area contributed by atoms with E-state index in [-0.39, 0.29) is 12.4 Å². The lowest BCUT2D eigenvalue weighted by Crippen LogP contribution is -2.04. The number of furan rings is 1. The number of hydrogen-bond donors (Lipinski definition) is 0. The van der Waals surface area contributed by atoms with Gasteiger partial charge in [0, 0.05) is 17.4 Å². The quantitative estimate of drug-likeness (QED) is 0.201. The molecule has 0 fully saturated rings. The van der Waals surface area contributed by atoms with E-state index in [1.54, 1.807) is 0 Å². The summed E-state index contributed by atoms with van der Waals surface area (Å²) in [6.07, 6.45) is 4.00. The zero-order valence-corrected chi connectivity index (χ0v) is 19.3. The van der Waals surface area contributed by atoms with Gasteiger partial charge in [-0.3, -0.25) is 4.79 Å². The Morgan fingerprint density at radius 2 is 1.70 bits per heavy atom. The van der Waals surface area contributed by atoms with Gasteiger partial charge in [-0.05, 0) is 41.7 Å². The highest BCUT2D eigenvalue weighted by Gasteiger charge is 2.17. The van der Waals surface area contributed by atoms with Crippen LogP contribution in [0.3, 0.4) is 0 Å². The standard InChI is InChI=1S/C29H30O4/c1-3-9-23-12-7-13-25-28(22-10-5-4-6-11-22)26(33-29(23)25)14-8-19-32-24-17-15-21(16-18-24)20-27(30)31-2/h4-7,10-13,15-18H,3,8-9,14,19-20H2,1-2H3. The van der Waals surface area contributed by atoms with Crippen LogP contribution >= 0.6 is 0 Å². The molecule has 0 unspecified atom stereocenters. The Hall–Kier alpha value is -3.53. The number of carbonyl (C=O) groups is 1. The van der Waals surface area contributed by atoms with Gasteiger partial charge in [0.2, 0.25) is 0 Å². The molecule has 0 spiro atoms. The summed E-state index contributed by atoms with van der Waals surface area (Å²) in [5.74, 6) is 1.56. The Morgan fingerprint density at radius 3 is 2.42 bits per heavy atom.